The Kier molecular flexibility index (Phi) is 20.5. The molecule has 0 amide bonds. The Bertz CT molecular complexity index is 2220. The van der Waals surface area contributed by atoms with Crippen LogP contribution in [0.1, 0.15) is 112 Å². The number of hydrogen-bond donors (Lipinski definition) is 3. The third-order valence-electron chi connectivity index (χ3n) is 16.5. The third-order valence-corrected chi connectivity index (χ3v) is 16.5. The van der Waals surface area contributed by atoms with Gasteiger partial charge >= 0.3 is 5.97 Å². The van der Waals surface area contributed by atoms with Gasteiger partial charge in [0.1, 0.15) is 37.0 Å². The number of aliphatic hydroxyl groups excluding tert-OH is 2. The van der Waals surface area contributed by atoms with Crippen LogP contribution in [-0.4, -0.2) is 144 Å². The summed E-state index contributed by atoms with van der Waals surface area (Å²) in [6.07, 6.45) is -7.69. The minimum absolute atomic E-state index is 0.118. The minimum atomic E-state index is -1.93. The zero-order chi connectivity index (χ0) is 54.2. The second kappa shape index (κ2) is 25.5. The van der Waals surface area contributed by atoms with E-state index in [9.17, 15) is 20.1 Å². The van der Waals surface area contributed by atoms with Gasteiger partial charge in [-0.15, -0.1) is 0 Å². The summed E-state index contributed by atoms with van der Waals surface area (Å²) >= 11 is 0. The highest BCUT2D eigenvalue weighted by Gasteiger charge is 2.55. The number of quaternary nitrogens is 1. The van der Waals surface area contributed by atoms with Crippen LogP contribution in [0, 0.1) is 23.7 Å². The van der Waals surface area contributed by atoms with Crippen molar-refractivity contribution in [2.24, 2.45) is 28.8 Å². The molecule has 3 aliphatic rings. The van der Waals surface area contributed by atoms with Crippen molar-refractivity contribution < 1.29 is 67.3 Å². The second-order valence-electron chi connectivity index (χ2n) is 22.7. The fourth-order valence-corrected chi connectivity index (χ4v) is 11.8. The second-order valence-corrected chi connectivity index (χ2v) is 22.7. The number of carbonyl (C=O) groups excluding carboxylic acids is 1. The molecule has 3 saturated heterocycles. The van der Waals surface area contributed by atoms with Crippen molar-refractivity contribution in [3.63, 3.8) is 0 Å². The van der Waals surface area contributed by atoms with Crippen LogP contribution in [0.4, 0.5) is 0 Å². The number of esters is 1. The number of methoxy groups -OCH3 is 2. The highest BCUT2D eigenvalue weighted by Crippen LogP contribution is 2.43. The number of likely N-dealkylation sites (N-methyl/N-ethyl adjacent to an activating group) is 1. The van der Waals surface area contributed by atoms with E-state index in [4.69, 9.17) is 47.9 Å². The van der Waals surface area contributed by atoms with Crippen molar-refractivity contribution in [2.75, 3.05) is 28.3 Å². The molecule has 412 valence electrons. The topological polar surface area (TPSA) is 173 Å². The molecule has 0 bridgehead atoms. The molecular formula is C59H89N2O13+. The molecule has 0 radical (unpaired) electrons. The van der Waals surface area contributed by atoms with Gasteiger partial charge in [0, 0.05) is 50.4 Å². The van der Waals surface area contributed by atoms with Crippen molar-refractivity contribution >= 4 is 11.7 Å². The van der Waals surface area contributed by atoms with Crippen LogP contribution in [0.5, 0.6) is 0 Å². The van der Waals surface area contributed by atoms with E-state index in [1.54, 1.807) is 41.9 Å². The Morgan fingerprint density at radius 1 is 0.716 bits per heavy atom. The smallest absolute Gasteiger partial charge is 0.311 e. The molecule has 3 heterocycles. The predicted molar refractivity (Wildman–Crippen MR) is 282 cm³/mol. The molecule has 3 aliphatic heterocycles. The number of hydrogen-bond acceptors (Lipinski definition) is 14. The van der Waals surface area contributed by atoms with E-state index >= 15 is 0 Å². The monoisotopic (exact) mass is 1030 g/mol. The first-order valence-electron chi connectivity index (χ1n) is 26.7. The van der Waals surface area contributed by atoms with Gasteiger partial charge in [0.2, 0.25) is 0 Å². The molecule has 15 nitrogen and oxygen atoms in total. The van der Waals surface area contributed by atoms with Gasteiger partial charge in [-0.2, -0.15) is 0 Å². The van der Waals surface area contributed by atoms with E-state index in [1.165, 1.54) is 12.5 Å². The molecule has 3 aromatic carbocycles. The fourth-order valence-electron chi connectivity index (χ4n) is 11.8. The van der Waals surface area contributed by atoms with E-state index in [0.29, 0.717) is 23.2 Å². The van der Waals surface area contributed by atoms with Gasteiger partial charge in [-0.25, -0.2) is 0 Å². The zero-order valence-corrected chi connectivity index (χ0v) is 46.6. The van der Waals surface area contributed by atoms with Crippen LogP contribution in [0.2, 0.25) is 0 Å². The van der Waals surface area contributed by atoms with Crippen molar-refractivity contribution in [3.8, 4) is 0 Å². The molecule has 0 aromatic heterocycles. The lowest BCUT2D eigenvalue weighted by Gasteiger charge is -2.51. The number of nitrogens with zero attached hydrogens (tertiary/aromatic N) is 2. The Morgan fingerprint density at radius 2 is 1.28 bits per heavy atom. The highest BCUT2D eigenvalue weighted by atomic mass is 16.7. The normalized spacial score (nSPS) is 38.5. The average molecular weight is 1030 g/mol. The number of oxime groups is 1. The quantitative estimate of drug-likeness (QED) is 0.0710. The van der Waals surface area contributed by atoms with Crippen molar-refractivity contribution in [3.05, 3.63) is 108 Å². The maximum atomic E-state index is 14.9. The Balaban J connectivity index is 1.51. The van der Waals surface area contributed by atoms with Crippen molar-refractivity contribution in [1.29, 1.82) is 0 Å². The van der Waals surface area contributed by atoms with E-state index < -0.39 is 102 Å². The van der Waals surface area contributed by atoms with Gasteiger partial charge in [-0.3, -0.25) is 4.79 Å². The molecule has 18 atom stereocenters. The third kappa shape index (κ3) is 14.0. The van der Waals surface area contributed by atoms with Gasteiger partial charge in [0.05, 0.1) is 74.1 Å². The molecular weight excluding hydrogens is 945 g/mol. The van der Waals surface area contributed by atoms with Crippen LogP contribution in [0.15, 0.2) is 96.2 Å². The first-order chi connectivity index (χ1) is 35.0. The summed E-state index contributed by atoms with van der Waals surface area (Å²) in [5, 5.41) is 40.6. The minimum Gasteiger partial charge on any atom is -0.459 e. The molecule has 0 saturated carbocycles. The van der Waals surface area contributed by atoms with Gasteiger partial charge in [0.15, 0.2) is 18.7 Å². The standard InChI is InChI=1S/C59H89N2O13/c1-15-47-59(10,65)52(62)39(4)49(60-69-36-45-29-23-18-24-30-45)37(2)32-58(9,67-14)54(40(5)50(41(6)55(64)72-47)73-48-33-57(8,66-13)53(63)42(7)71-48)74-56-51(68-35-44-27-21-17-22-28-44)46(31-38(3)70-56)61(11,12)34-43-25-19-16-20-26-43/h16-30,37-42,46-48,50-54,56,62-63,65H,15,31-36H2,1-14H3/q+1/b60-49-/t37-,38-,39+,40+,41-,42+,46+,47-,48+,50+,51-,52-,53+,54-,56+,57-,58-,59-/m1/s1. The number of aliphatic hydroxyl groups is 3. The lowest BCUT2D eigenvalue weighted by Crippen LogP contribution is -2.65. The highest BCUT2D eigenvalue weighted by molar-refractivity contribution is 5.88. The maximum Gasteiger partial charge on any atom is 0.311 e. The number of carbonyl (C=O) groups is 1. The number of rotatable bonds is 16. The molecule has 74 heavy (non-hydrogen) atoms. The van der Waals surface area contributed by atoms with Crippen LogP contribution in [0.3, 0.4) is 0 Å². The molecule has 3 aromatic rings. The Labute approximate surface area is 441 Å². The molecule has 0 spiro atoms. The molecule has 6 rings (SSSR count). The average Bonchev–Trinajstić information content (AvgIpc) is 3.38. The summed E-state index contributed by atoms with van der Waals surface area (Å²) in [5.41, 5.74) is -0.645. The molecule has 0 unspecified atom stereocenters. The van der Waals surface area contributed by atoms with Crippen LogP contribution in [-0.2, 0) is 67.3 Å². The Hall–Kier alpha value is -3.84. The summed E-state index contributed by atoms with van der Waals surface area (Å²) in [7, 11) is 7.63. The number of benzene rings is 3. The van der Waals surface area contributed by atoms with E-state index in [2.05, 4.69) is 45.3 Å². The van der Waals surface area contributed by atoms with Crippen molar-refractivity contribution in [1.82, 2.24) is 0 Å². The van der Waals surface area contributed by atoms with Crippen LogP contribution >= 0.6 is 0 Å². The Morgan fingerprint density at radius 3 is 1.85 bits per heavy atom. The van der Waals surface area contributed by atoms with Gasteiger partial charge in [-0.1, -0.05) is 124 Å². The fraction of sp³-hybridized carbons (Fsp3) is 0.661. The first-order valence-corrected chi connectivity index (χ1v) is 26.7. The lowest BCUT2D eigenvalue weighted by atomic mass is 9.73. The summed E-state index contributed by atoms with van der Waals surface area (Å²) in [6, 6.07) is 30.0. The van der Waals surface area contributed by atoms with Crippen molar-refractivity contribution in [2.45, 2.75) is 199 Å². The summed E-state index contributed by atoms with van der Waals surface area (Å²) in [6.45, 7) is 19.6. The van der Waals surface area contributed by atoms with Crippen LogP contribution < -0.4 is 0 Å². The summed E-state index contributed by atoms with van der Waals surface area (Å²) in [4.78, 5) is 21.0. The van der Waals surface area contributed by atoms with Gasteiger partial charge < -0.3 is 62.5 Å². The zero-order valence-electron chi connectivity index (χ0n) is 46.6. The summed E-state index contributed by atoms with van der Waals surface area (Å²) in [5.74, 6) is -3.63. The van der Waals surface area contributed by atoms with Gasteiger partial charge in [0.25, 0.3) is 0 Å². The molecule has 3 N–H and O–H groups in total. The summed E-state index contributed by atoms with van der Waals surface area (Å²) < 4.78 is 54.7. The first kappa shape index (κ1) is 59.4. The lowest BCUT2D eigenvalue weighted by molar-refractivity contribution is -0.934. The number of cyclic esters (lactones) is 1. The molecule has 15 heteroatoms. The number of ether oxygens (including phenoxy) is 8. The van der Waals surface area contributed by atoms with E-state index in [1.807, 2.05) is 94.4 Å². The SMILES string of the molecule is CC[C@H]1OC(=O)[C@H](C)[C@@H](O[C@H]2C[C@@](C)(OC)[C@@H](O)[C@H](C)O2)[C@H](C)[C@@H](O[C@@H]2O[C@H](C)C[C@H]([N+](C)(C)Cc3ccccc3)[C@H]2OCc2ccccc2)[C@](C)(OC)C[C@@H](C)/C(=N/OCc2ccccc2)[C@H](C)[C@@H](O)[C@]1(C)O. The van der Waals surface area contributed by atoms with Crippen LogP contribution in [0.25, 0.3) is 0 Å². The molecule has 0 aliphatic carbocycles. The predicted octanol–water partition coefficient (Wildman–Crippen LogP) is 8.38. The van der Waals surface area contributed by atoms with E-state index in [0.717, 1.165) is 17.7 Å². The maximum absolute atomic E-state index is 14.9. The van der Waals surface area contributed by atoms with Gasteiger partial charge in [-0.05, 0) is 65.5 Å². The van der Waals surface area contributed by atoms with E-state index in [-0.39, 0.29) is 38.0 Å². The molecule has 3 fully saturated rings. The largest absolute Gasteiger partial charge is 0.459 e.